The smallest absolute Gasteiger partial charge is 0.354 e. The van der Waals surface area contributed by atoms with Crippen molar-refractivity contribution < 1.29 is 14.3 Å². The lowest BCUT2D eigenvalue weighted by molar-refractivity contribution is 0.0691. The van der Waals surface area contributed by atoms with E-state index in [1.54, 1.807) is 24.3 Å². The van der Waals surface area contributed by atoms with E-state index < -0.39 is 5.97 Å². The number of pyridine rings is 1. The minimum Gasteiger partial charge on any atom is -0.477 e. The van der Waals surface area contributed by atoms with Gasteiger partial charge in [-0.3, -0.25) is 0 Å². The maximum Gasteiger partial charge on any atom is 0.354 e. The molecule has 0 spiro atoms. The standard InChI is InChI=1S/C16H10FNO2/c17-11-7-5-10(6-8-11)13-9-15(16(19)20)18-14-4-2-1-3-12(13)14/h1-9H,(H,19,20). The van der Waals surface area contributed by atoms with Crippen LogP contribution in [-0.4, -0.2) is 16.1 Å². The van der Waals surface area contributed by atoms with Gasteiger partial charge < -0.3 is 5.11 Å². The van der Waals surface area contributed by atoms with E-state index in [1.807, 2.05) is 12.1 Å². The average Bonchev–Trinajstić information content (AvgIpc) is 2.47. The van der Waals surface area contributed by atoms with Crippen molar-refractivity contribution in [1.29, 1.82) is 0 Å². The molecule has 0 amide bonds. The summed E-state index contributed by atoms with van der Waals surface area (Å²) in [6.45, 7) is 0. The largest absolute Gasteiger partial charge is 0.477 e. The number of aromatic nitrogens is 1. The number of rotatable bonds is 2. The summed E-state index contributed by atoms with van der Waals surface area (Å²) >= 11 is 0. The van der Waals surface area contributed by atoms with Gasteiger partial charge in [-0.25, -0.2) is 14.2 Å². The lowest BCUT2D eigenvalue weighted by Crippen LogP contribution is -2.01. The van der Waals surface area contributed by atoms with Crippen LogP contribution in [0.25, 0.3) is 22.0 Å². The summed E-state index contributed by atoms with van der Waals surface area (Å²) in [5.41, 5.74) is 2.07. The fourth-order valence-corrected chi connectivity index (χ4v) is 2.15. The van der Waals surface area contributed by atoms with E-state index in [2.05, 4.69) is 4.98 Å². The highest BCUT2D eigenvalue weighted by Crippen LogP contribution is 2.28. The zero-order valence-corrected chi connectivity index (χ0v) is 10.4. The molecule has 1 heterocycles. The van der Waals surface area contributed by atoms with Crippen molar-refractivity contribution in [3.63, 3.8) is 0 Å². The number of hydrogen-bond acceptors (Lipinski definition) is 2. The second-order valence-electron chi connectivity index (χ2n) is 4.38. The Balaban J connectivity index is 2.32. The maximum atomic E-state index is 13.0. The minimum atomic E-state index is -1.08. The topological polar surface area (TPSA) is 50.2 Å². The summed E-state index contributed by atoms with van der Waals surface area (Å²) in [5.74, 6) is -1.41. The van der Waals surface area contributed by atoms with Crippen LogP contribution < -0.4 is 0 Å². The molecule has 0 aliphatic rings. The van der Waals surface area contributed by atoms with Crippen LogP contribution in [0.5, 0.6) is 0 Å². The molecule has 98 valence electrons. The summed E-state index contributed by atoms with van der Waals surface area (Å²) in [4.78, 5) is 15.3. The predicted molar refractivity (Wildman–Crippen MR) is 74.1 cm³/mol. The van der Waals surface area contributed by atoms with Crippen LogP contribution in [0.15, 0.2) is 54.6 Å². The number of carboxylic acid groups (broad SMARTS) is 1. The molecule has 4 heteroatoms. The van der Waals surface area contributed by atoms with Crippen LogP contribution in [0.1, 0.15) is 10.5 Å². The summed E-state index contributed by atoms with van der Waals surface area (Å²) in [6, 6.07) is 14.8. The molecule has 1 N–H and O–H groups in total. The number of carboxylic acids is 1. The molecule has 0 radical (unpaired) electrons. The molecule has 0 aliphatic carbocycles. The van der Waals surface area contributed by atoms with Crippen LogP contribution in [0, 0.1) is 5.82 Å². The fourth-order valence-electron chi connectivity index (χ4n) is 2.15. The van der Waals surface area contributed by atoms with Crippen molar-refractivity contribution in [2.45, 2.75) is 0 Å². The Bertz CT molecular complexity index is 797. The molecule has 0 fully saturated rings. The minimum absolute atomic E-state index is 0.0250. The first-order chi connectivity index (χ1) is 9.65. The average molecular weight is 267 g/mol. The molecule has 3 aromatic rings. The quantitative estimate of drug-likeness (QED) is 0.769. The van der Waals surface area contributed by atoms with E-state index in [4.69, 9.17) is 5.11 Å². The molecule has 2 aromatic carbocycles. The van der Waals surface area contributed by atoms with Gasteiger partial charge in [0.1, 0.15) is 11.5 Å². The summed E-state index contributed by atoms with van der Waals surface area (Å²) in [7, 11) is 0. The number of hydrogen-bond donors (Lipinski definition) is 1. The monoisotopic (exact) mass is 267 g/mol. The zero-order chi connectivity index (χ0) is 14.1. The van der Waals surface area contributed by atoms with Gasteiger partial charge in [0.15, 0.2) is 0 Å². The lowest BCUT2D eigenvalue weighted by Gasteiger charge is -2.08. The van der Waals surface area contributed by atoms with Crippen molar-refractivity contribution in [1.82, 2.24) is 4.98 Å². The molecule has 1 aromatic heterocycles. The number of carbonyl (C=O) groups is 1. The first-order valence-electron chi connectivity index (χ1n) is 6.04. The van der Waals surface area contributed by atoms with Gasteiger partial charge in [-0.1, -0.05) is 30.3 Å². The molecule has 0 saturated carbocycles. The molecule has 0 unspecified atom stereocenters. The Morgan fingerprint density at radius 2 is 1.75 bits per heavy atom. The number of nitrogens with zero attached hydrogens (tertiary/aromatic N) is 1. The third kappa shape index (κ3) is 2.12. The molecule has 0 saturated heterocycles. The second kappa shape index (κ2) is 4.74. The van der Waals surface area contributed by atoms with Gasteiger partial charge >= 0.3 is 5.97 Å². The highest BCUT2D eigenvalue weighted by atomic mass is 19.1. The Hall–Kier alpha value is -2.75. The normalized spacial score (nSPS) is 10.7. The fraction of sp³-hybridized carbons (Fsp3) is 0. The molecule has 0 atom stereocenters. The number of fused-ring (bicyclic) bond motifs is 1. The first-order valence-corrected chi connectivity index (χ1v) is 6.04. The third-order valence-corrected chi connectivity index (χ3v) is 3.09. The summed E-state index contributed by atoms with van der Waals surface area (Å²) in [6.07, 6.45) is 0. The van der Waals surface area contributed by atoms with Gasteiger partial charge in [0.25, 0.3) is 0 Å². The van der Waals surface area contributed by atoms with Gasteiger partial charge in [0, 0.05) is 5.39 Å². The third-order valence-electron chi connectivity index (χ3n) is 3.09. The summed E-state index contributed by atoms with van der Waals surface area (Å²) in [5, 5.41) is 9.97. The van der Waals surface area contributed by atoms with E-state index in [0.717, 1.165) is 16.5 Å². The van der Waals surface area contributed by atoms with E-state index in [9.17, 15) is 9.18 Å². The number of benzene rings is 2. The Morgan fingerprint density at radius 3 is 2.45 bits per heavy atom. The van der Waals surface area contributed by atoms with Crippen LogP contribution in [0.4, 0.5) is 4.39 Å². The highest BCUT2D eigenvalue weighted by molar-refractivity contribution is 5.99. The van der Waals surface area contributed by atoms with Crippen LogP contribution >= 0.6 is 0 Å². The molecule has 0 bridgehead atoms. The van der Waals surface area contributed by atoms with Crippen molar-refractivity contribution >= 4 is 16.9 Å². The molecule has 0 aliphatic heterocycles. The molecule has 3 nitrogen and oxygen atoms in total. The van der Waals surface area contributed by atoms with Crippen LogP contribution in [0.3, 0.4) is 0 Å². The van der Waals surface area contributed by atoms with Gasteiger partial charge in [-0.2, -0.15) is 0 Å². The molecule has 20 heavy (non-hydrogen) atoms. The number of halogens is 1. The van der Waals surface area contributed by atoms with Gasteiger partial charge in [0.2, 0.25) is 0 Å². The second-order valence-corrected chi connectivity index (χ2v) is 4.38. The van der Waals surface area contributed by atoms with Crippen LogP contribution in [-0.2, 0) is 0 Å². The zero-order valence-electron chi connectivity index (χ0n) is 10.4. The van der Waals surface area contributed by atoms with Gasteiger partial charge in [-0.15, -0.1) is 0 Å². The molecule has 3 rings (SSSR count). The van der Waals surface area contributed by atoms with Crippen molar-refractivity contribution in [3.8, 4) is 11.1 Å². The maximum absolute atomic E-state index is 13.0. The Kier molecular flexibility index (Phi) is 2.91. The number of para-hydroxylation sites is 1. The van der Waals surface area contributed by atoms with Gasteiger partial charge in [-0.05, 0) is 35.4 Å². The van der Waals surface area contributed by atoms with Crippen molar-refractivity contribution in [2.24, 2.45) is 0 Å². The van der Waals surface area contributed by atoms with E-state index in [-0.39, 0.29) is 11.5 Å². The predicted octanol–water partition coefficient (Wildman–Crippen LogP) is 3.74. The van der Waals surface area contributed by atoms with Crippen molar-refractivity contribution in [3.05, 3.63) is 66.1 Å². The molecular weight excluding hydrogens is 257 g/mol. The van der Waals surface area contributed by atoms with Crippen LogP contribution in [0.2, 0.25) is 0 Å². The lowest BCUT2D eigenvalue weighted by atomic mass is 10.00. The summed E-state index contributed by atoms with van der Waals surface area (Å²) < 4.78 is 13.0. The SMILES string of the molecule is O=C(O)c1cc(-c2ccc(F)cc2)c2ccccc2n1. The highest BCUT2D eigenvalue weighted by Gasteiger charge is 2.11. The first kappa shape index (κ1) is 12.3. The molecular formula is C16H10FNO2. The van der Waals surface area contributed by atoms with Gasteiger partial charge in [0.05, 0.1) is 5.52 Å². The Morgan fingerprint density at radius 1 is 1.05 bits per heavy atom. The van der Waals surface area contributed by atoms with Crippen molar-refractivity contribution in [2.75, 3.05) is 0 Å². The van der Waals surface area contributed by atoms with E-state index in [1.165, 1.54) is 18.2 Å². The number of aromatic carboxylic acids is 1. The Labute approximate surface area is 114 Å². The van der Waals surface area contributed by atoms with E-state index in [0.29, 0.717) is 5.52 Å². The van der Waals surface area contributed by atoms with E-state index >= 15 is 0 Å².